The molecule has 0 aliphatic carbocycles. The second-order valence-electron chi connectivity index (χ2n) is 2.24. The molecule has 1 aromatic rings. The molecule has 0 spiro atoms. The first-order valence-corrected chi connectivity index (χ1v) is 4.87. The summed E-state index contributed by atoms with van der Waals surface area (Å²) in [5.41, 5.74) is 1.27. The average Bonchev–Trinajstić information content (AvgIpc) is 1.98. The van der Waals surface area contributed by atoms with Crippen molar-refractivity contribution in [2.45, 2.75) is 6.42 Å². The Morgan fingerprint density at radius 2 is 2.00 bits per heavy atom. The van der Waals surface area contributed by atoms with Gasteiger partial charge in [0.05, 0.1) is 0 Å². The first-order valence-electron chi connectivity index (χ1n) is 3.29. The average molecular weight is 276 g/mol. The minimum Gasteiger partial charge on any atom is -0.103 e. The molecule has 0 N–H and O–H groups in total. The van der Waals surface area contributed by atoms with E-state index in [1.165, 1.54) is 5.56 Å². The van der Waals surface area contributed by atoms with Crippen LogP contribution in [-0.4, -0.2) is 0 Å². The normalized spacial score (nSPS) is 9.64. The highest BCUT2D eigenvalue weighted by molar-refractivity contribution is 9.13. The van der Waals surface area contributed by atoms with E-state index in [2.05, 4.69) is 50.6 Å². The number of benzene rings is 1. The van der Waals surface area contributed by atoms with Gasteiger partial charge < -0.3 is 0 Å². The molecule has 0 unspecified atom stereocenters. The largest absolute Gasteiger partial charge is 0.103 e. The van der Waals surface area contributed by atoms with E-state index in [1.807, 2.05) is 12.1 Å². The Bertz CT molecular complexity index is 266. The van der Waals surface area contributed by atoms with Crippen LogP contribution < -0.4 is 0 Å². The summed E-state index contributed by atoms with van der Waals surface area (Å²) in [6.07, 6.45) is 2.82. The second kappa shape index (κ2) is 4.07. The molecule has 0 fully saturated rings. The van der Waals surface area contributed by atoms with Crippen molar-refractivity contribution in [3.8, 4) is 0 Å². The molecule has 0 radical (unpaired) electrons. The summed E-state index contributed by atoms with van der Waals surface area (Å²) in [6, 6.07) is 6.20. The van der Waals surface area contributed by atoms with E-state index < -0.39 is 0 Å². The molecule has 0 amide bonds. The van der Waals surface area contributed by atoms with Crippen molar-refractivity contribution >= 4 is 31.9 Å². The molecule has 0 atom stereocenters. The molecule has 1 aromatic carbocycles. The third-order valence-corrected chi connectivity index (χ3v) is 3.24. The maximum Gasteiger partial charge on any atom is 0.0320 e. The molecular weight excluding hydrogens is 268 g/mol. The summed E-state index contributed by atoms with van der Waals surface area (Å²) in [5.74, 6) is 0. The molecule has 1 rings (SSSR count). The quantitative estimate of drug-likeness (QED) is 0.718. The smallest absolute Gasteiger partial charge is 0.0320 e. The number of hydrogen-bond acceptors (Lipinski definition) is 0. The monoisotopic (exact) mass is 274 g/mol. The zero-order valence-electron chi connectivity index (χ0n) is 5.98. The Balaban J connectivity index is 2.95. The first kappa shape index (κ1) is 9.01. The summed E-state index contributed by atoms with van der Waals surface area (Å²) in [5, 5.41) is 0. The predicted molar refractivity (Wildman–Crippen MR) is 55.7 cm³/mol. The highest BCUT2D eigenvalue weighted by atomic mass is 79.9. The van der Waals surface area contributed by atoms with E-state index in [9.17, 15) is 0 Å². The fourth-order valence-electron chi connectivity index (χ4n) is 0.833. The predicted octanol–water partition coefficient (Wildman–Crippen LogP) is 3.94. The van der Waals surface area contributed by atoms with Crippen molar-refractivity contribution in [1.29, 1.82) is 0 Å². The third-order valence-electron chi connectivity index (χ3n) is 1.36. The van der Waals surface area contributed by atoms with Gasteiger partial charge in [0.2, 0.25) is 0 Å². The van der Waals surface area contributed by atoms with Gasteiger partial charge in [-0.3, -0.25) is 0 Å². The van der Waals surface area contributed by atoms with Gasteiger partial charge in [-0.05, 0) is 56.0 Å². The van der Waals surface area contributed by atoms with Gasteiger partial charge in [0.15, 0.2) is 0 Å². The van der Waals surface area contributed by atoms with E-state index in [1.54, 1.807) is 0 Å². The van der Waals surface area contributed by atoms with Crippen LogP contribution in [0.3, 0.4) is 0 Å². The summed E-state index contributed by atoms with van der Waals surface area (Å²) in [4.78, 5) is 0. The molecule has 2 heteroatoms. The van der Waals surface area contributed by atoms with E-state index >= 15 is 0 Å². The molecular formula is C9H8Br2. The lowest BCUT2D eigenvalue weighted by molar-refractivity contribution is 1.26. The molecule has 0 aliphatic heterocycles. The Kier molecular flexibility index (Phi) is 3.34. The number of rotatable bonds is 2. The second-order valence-corrected chi connectivity index (χ2v) is 3.95. The highest BCUT2D eigenvalue weighted by Crippen LogP contribution is 2.23. The minimum atomic E-state index is 0.922. The van der Waals surface area contributed by atoms with Crippen LogP contribution in [0.2, 0.25) is 0 Å². The van der Waals surface area contributed by atoms with Crippen molar-refractivity contribution < 1.29 is 0 Å². The minimum absolute atomic E-state index is 0.922. The summed E-state index contributed by atoms with van der Waals surface area (Å²) in [6.45, 7) is 3.68. The SMILES string of the molecule is C=CCc1ccc(Br)c(Br)c1. The van der Waals surface area contributed by atoms with E-state index in [-0.39, 0.29) is 0 Å². The van der Waals surface area contributed by atoms with E-state index in [0.29, 0.717) is 0 Å². The zero-order chi connectivity index (χ0) is 8.27. The van der Waals surface area contributed by atoms with Crippen molar-refractivity contribution in [3.05, 3.63) is 45.4 Å². The van der Waals surface area contributed by atoms with E-state index in [0.717, 1.165) is 15.4 Å². The number of hydrogen-bond donors (Lipinski definition) is 0. The number of allylic oxidation sites excluding steroid dienone is 1. The lowest BCUT2D eigenvalue weighted by atomic mass is 10.2. The lowest BCUT2D eigenvalue weighted by Gasteiger charge is -1.99. The van der Waals surface area contributed by atoms with Gasteiger partial charge in [-0.15, -0.1) is 6.58 Å². The van der Waals surface area contributed by atoms with Crippen LogP contribution in [0.4, 0.5) is 0 Å². The Labute approximate surface area is 83.6 Å². The highest BCUT2D eigenvalue weighted by Gasteiger charge is 1.95. The first-order chi connectivity index (χ1) is 5.24. The Hall–Kier alpha value is -0.0800. The van der Waals surface area contributed by atoms with Gasteiger partial charge >= 0.3 is 0 Å². The molecule has 58 valence electrons. The van der Waals surface area contributed by atoms with Gasteiger partial charge in [-0.1, -0.05) is 12.1 Å². The van der Waals surface area contributed by atoms with Crippen LogP contribution in [0.5, 0.6) is 0 Å². The summed E-state index contributed by atoms with van der Waals surface area (Å²) >= 11 is 6.84. The van der Waals surface area contributed by atoms with Crippen LogP contribution in [0.25, 0.3) is 0 Å². The molecule has 0 saturated carbocycles. The van der Waals surface area contributed by atoms with Crippen LogP contribution in [-0.2, 0) is 6.42 Å². The maximum atomic E-state index is 3.68. The zero-order valence-corrected chi connectivity index (χ0v) is 9.15. The molecule has 0 bridgehead atoms. The summed E-state index contributed by atoms with van der Waals surface area (Å²) in [7, 11) is 0. The van der Waals surface area contributed by atoms with Crippen molar-refractivity contribution in [2.24, 2.45) is 0 Å². The Morgan fingerprint density at radius 3 is 2.55 bits per heavy atom. The summed E-state index contributed by atoms with van der Waals surface area (Å²) < 4.78 is 2.18. The van der Waals surface area contributed by atoms with Crippen LogP contribution in [0.1, 0.15) is 5.56 Å². The van der Waals surface area contributed by atoms with E-state index in [4.69, 9.17) is 0 Å². The molecule has 0 aliphatic rings. The van der Waals surface area contributed by atoms with Gasteiger partial charge in [0, 0.05) is 8.95 Å². The molecule has 0 nitrogen and oxygen atoms in total. The molecule has 0 aromatic heterocycles. The third kappa shape index (κ3) is 2.46. The van der Waals surface area contributed by atoms with Crippen LogP contribution >= 0.6 is 31.9 Å². The Morgan fingerprint density at radius 1 is 1.27 bits per heavy atom. The van der Waals surface area contributed by atoms with Crippen molar-refractivity contribution in [2.75, 3.05) is 0 Å². The van der Waals surface area contributed by atoms with Crippen molar-refractivity contribution in [1.82, 2.24) is 0 Å². The topological polar surface area (TPSA) is 0 Å². The molecule has 0 saturated heterocycles. The van der Waals surface area contributed by atoms with Crippen LogP contribution in [0.15, 0.2) is 39.8 Å². The standard InChI is InChI=1S/C9H8Br2/c1-2-3-7-4-5-8(10)9(11)6-7/h2,4-6H,1,3H2. The van der Waals surface area contributed by atoms with Gasteiger partial charge in [-0.25, -0.2) is 0 Å². The molecule has 0 heterocycles. The van der Waals surface area contributed by atoms with Crippen LogP contribution in [0, 0.1) is 0 Å². The molecule has 11 heavy (non-hydrogen) atoms. The fourth-order valence-corrected chi connectivity index (χ4v) is 1.51. The lowest BCUT2D eigenvalue weighted by Crippen LogP contribution is -1.80. The van der Waals surface area contributed by atoms with Gasteiger partial charge in [-0.2, -0.15) is 0 Å². The number of halogens is 2. The van der Waals surface area contributed by atoms with Crippen molar-refractivity contribution in [3.63, 3.8) is 0 Å². The maximum absolute atomic E-state index is 3.68. The van der Waals surface area contributed by atoms with Gasteiger partial charge in [0.1, 0.15) is 0 Å². The fraction of sp³-hybridized carbons (Fsp3) is 0.111. The van der Waals surface area contributed by atoms with Gasteiger partial charge in [0.25, 0.3) is 0 Å².